The second kappa shape index (κ2) is 4.04. The van der Waals surface area contributed by atoms with Crippen LogP contribution in [0.3, 0.4) is 0 Å². The number of aliphatic hydroxyl groups excluding tert-OH is 1. The van der Waals surface area contributed by atoms with Crippen molar-refractivity contribution in [3.8, 4) is 0 Å². The molecule has 1 atom stereocenters. The first-order valence-corrected chi connectivity index (χ1v) is 6.16. The molecule has 0 aliphatic carbocycles. The number of nitrogens with zero attached hydrogens (tertiary/aromatic N) is 3. The van der Waals surface area contributed by atoms with Gasteiger partial charge in [-0.1, -0.05) is 0 Å². The molecule has 0 radical (unpaired) electrons. The Bertz CT molecular complexity index is 534. The van der Waals surface area contributed by atoms with Gasteiger partial charge in [0.2, 0.25) is 0 Å². The highest BCUT2D eigenvalue weighted by Crippen LogP contribution is 2.25. The number of hydrogen-bond acceptors (Lipinski definition) is 3. The standard InChI is InChI=1S/C13H17N3O/c1-2-16-13-4-3-11(7-10(13)8-14-16)15-6-5-12(17)9-15/h3-4,7-8,12,17H,2,5-6,9H2,1H3. The number of fused-ring (bicyclic) bond motifs is 1. The molecule has 0 saturated carbocycles. The Labute approximate surface area is 100 Å². The summed E-state index contributed by atoms with van der Waals surface area (Å²) in [4.78, 5) is 2.23. The normalized spacial score (nSPS) is 20.4. The van der Waals surface area contributed by atoms with E-state index in [1.807, 2.05) is 10.9 Å². The molecule has 90 valence electrons. The minimum absolute atomic E-state index is 0.177. The van der Waals surface area contributed by atoms with Crippen LogP contribution in [-0.4, -0.2) is 34.1 Å². The van der Waals surface area contributed by atoms with E-state index in [1.54, 1.807) is 0 Å². The van der Waals surface area contributed by atoms with E-state index in [-0.39, 0.29) is 6.10 Å². The van der Waals surface area contributed by atoms with Gasteiger partial charge in [-0.3, -0.25) is 4.68 Å². The van der Waals surface area contributed by atoms with E-state index in [0.717, 1.165) is 26.1 Å². The number of aryl methyl sites for hydroxylation is 1. The topological polar surface area (TPSA) is 41.3 Å². The molecule has 1 saturated heterocycles. The molecule has 0 bridgehead atoms. The highest BCUT2D eigenvalue weighted by Gasteiger charge is 2.20. The molecular formula is C13H17N3O. The van der Waals surface area contributed by atoms with Crippen LogP contribution in [0.4, 0.5) is 5.69 Å². The molecule has 1 aliphatic heterocycles. The van der Waals surface area contributed by atoms with Crippen LogP contribution in [0.25, 0.3) is 10.9 Å². The van der Waals surface area contributed by atoms with Crippen molar-refractivity contribution in [2.45, 2.75) is 26.0 Å². The number of β-amino-alcohol motifs (C(OH)–C–C–N with tert-alkyl or cyclic N) is 1. The smallest absolute Gasteiger partial charge is 0.0731 e. The zero-order valence-electron chi connectivity index (χ0n) is 10.0. The van der Waals surface area contributed by atoms with Crippen LogP contribution in [0.1, 0.15) is 13.3 Å². The van der Waals surface area contributed by atoms with Gasteiger partial charge in [-0.05, 0) is 31.5 Å². The first-order chi connectivity index (χ1) is 8.28. The van der Waals surface area contributed by atoms with Crippen LogP contribution in [0.5, 0.6) is 0 Å². The van der Waals surface area contributed by atoms with Gasteiger partial charge in [-0.25, -0.2) is 0 Å². The number of hydrogen-bond donors (Lipinski definition) is 1. The highest BCUT2D eigenvalue weighted by molar-refractivity contribution is 5.82. The van der Waals surface area contributed by atoms with Crippen LogP contribution in [0, 0.1) is 0 Å². The van der Waals surface area contributed by atoms with E-state index in [0.29, 0.717) is 0 Å². The van der Waals surface area contributed by atoms with Gasteiger partial charge < -0.3 is 10.0 Å². The molecule has 0 amide bonds. The summed E-state index contributed by atoms with van der Waals surface area (Å²) >= 11 is 0. The maximum atomic E-state index is 9.56. The Morgan fingerprint density at radius 1 is 1.47 bits per heavy atom. The minimum atomic E-state index is -0.177. The van der Waals surface area contributed by atoms with Crippen molar-refractivity contribution >= 4 is 16.6 Å². The third-order valence-electron chi connectivity index (χ3n) is 3.45. The zero-order valence-corrected chi connectivity index (χ0v) is 10.0. The number of rotatable bonds is 2. The summed E-state index contributed by atoms with van der Waals surface area (Å²) in [6.07, 6.45) is 2.60. The molecule has 4 nitrogen and oxygen atoms in total. The van der Waals surface area contributed by atoms with Crippen molar-refractivity contribution in [1.29, 1.82) is 0 Å². The molecule has 17 heavy (non-hydrogen) atoms. The average molecular weight is 231 g/mol. The molecule has 1 fully saturated rings. The lowest BCUT2D eigenvalue weighted by molar-refractivity contribution is 0.198. The fraction of sp³-hybridized carbons (Fsp3) is 0.462. The Balaban J connectivity index is 1.97. The van der Waals surface area contributed by atoms with Crippen LogP contribution >= 0.6 is 0 Å². The third kappa shape index (κ3) is 1.78. The first kappa shape index (κ1) is 10.6. The van der Waals surface area contributed by atoms with Crippen molar-refractivity contribution in [2.24, 2.45) is 0 Å². The summed E-state index contributed by atoms with van der Waals surface area (Å²) in [7, 11) is 0. The van der Waals surface area contributed by atoms with Crippen LogP contribution < -0.4 is 4.90 Å². The van der Waals surface area contributed by atoms with Gasteiger partial charge in [-0.15, -0.1) is 0 Å². The quantitative estimate of drug-likeness (QED) is 0.854. The molecular weight excluding hydrogens is 214 g/mol. The largest absolute Gasteiger partial charge is 0.391 e. The van der Waals surface area contributed by atoms with E-state index in [1.165, 1.54) is 16.6 Å². The van der Waals surface area contributed by atoms with Crippen molar-refractivity contribution < 1.29 is 5.11 Å². The minimum Gasteiger partial charge on any atom is -0.391 e. The fourth-order valence-corrected chi connectivity index (χ4v) is 2.50. The zero-order chi connectivity index (χ0) is 11.8. The molecule has 2 aromatic rings. The Kier molecular flexibility index (Phi) is 2.52. The number of aromatic nitrogens is 2. The van der Waals surface area contributed by atoms with Crippen molar-refractivity contribution in [1.82, 2.24) is 9.78 Å². The van der Waals surface area contributed by atoms with Gasteiger partial charge in [0.25, 0.3) is 0 Å². The maximum absolute atomic E-state index is 9.56. The number of anilines is 1. The predicted octanol–water partition coefficient (Wildman–Crippen LogP) is 1.63. The van der Waals surface area contributed by atoms with Crippen LogP contribution in [-0.2, 0) is 6.54 Å². The Morgan fingerprint density at radius 3 is 3.06 bits per heavy atom. The van der Waals surface area contributed by atoms with E-state index < -0.39 is 0 Å². The second-order valence-electron chi connectivity index (χ2n) is 4.59. The van der Waals surface area contributed by atoms with Gasteiger partial charge in [0.15, 0.2) is 0 Å². The molecule has 1 aromatic heterocycles. The van der Waals surface area contributed by atoms with Crippen LogP contribution in [0.2, 0.25) is 0 Å². The van der Waals surface area contributed by atoms with E-state index in [9.17, 15) is 5.11 Å². The number of benzene rings is 1. The molecule has 1 unspecified atom stereocenters. The maximum Gasteiger partial charge on any atom is 0.0731 e. The van der Waals surface area contributed by atoms with Crippen molar-refractivity contribution in [3.63, 3.8) is 0 Å². The number of aliphatic hydroxyl groups is 1. The molecule has 1 aromatic carbocycles. The van der Waals surface area contributed by atoms with Gasteiger partial charge in [-0.2, -0.15) is 5.10 Å². The summed E-state index contributed by atoms with van der Waals surface area (Å²) < 4.78 is 2.00. The monoisotopic (exact) mass is 231 g/mol. The van der Waals surface area contributed by atoms with Crippen molar-refractivity contribution in [3.05, 3.63) is 24.4 Å². The highest BCUT2D eigenvalue weighted by atomic mass is 16.3. The van der Waals surface area contributed by atoms with Gasteiger partial charge in [0, 0.05) is 30.7 Å². The summed E-state index contributed by atoms with van der Waals surface area (Å²) in [5.41, 5.74) is 2.36. The van der Waals surface area contributed by atoms with Crippen molar-refractivity contribution in [2.75, 3.05) is 18.0 Å². The molecule has 3 rings (SSSR count). The second-order valence-corrected chi connectivity index (χ2v) is 4.59. The SMILES string of the molecule is CCn1ncc2cc(N3CCC(O)C3)ccc21. The summed E-state index contributed by atoms with van der Waals surface area (Å²) in [5.74, 6) is 0. The summed E-state index contributed by atoms with van der Waals surface area (Å²) in [5, 5.41) is 15.1. The van der Waals surface area contributed by atoms with Gasteiger partial charge >= 0.3 is 0 Å². The van der Waals surface area contributed by atoms with E-state index in [4.69, 9.17) is 0 Å². The average Bonchev–Trinajstić information content (AvgIpc) is 2.94. The predicted molar refractivity (Wildman–Crippen MR) is 68.2 cm³/mol. The van der Waals surface area contributed by atoms with E-state index in [2.05, 4.69) is 35.1 Å². The lowest BCUT2D eigenvalue weighted by Gasteiger charge is -2.17. The Hall–Kier alpha value is -1.55. The summed E-state index contributed by atoms with van der Waals surface area (Å²) in [6, 6.07) is 6.40. The summed E-state index contributed by atoms with van der Waals surface area (Å²) in [6.45, 7) is 4.67. The first-order valence-electron chi connectivity index (χ1n) is 6.16. The fourth-order valence-electron chi connectivity index (χ4n) is 2.50. The van der Waals surface area contributed by atoms with Gasteiger partial charge in [0.05, 0.1) is 17.8 Å². The lowest BCUT2D eigenvalue weighted by Crippen LogP contribution is -2.20. The van der Waals surface area contributed by atoms with Crippen LogP contribution in [0.15, 0.2) is 24.4 Å². The van der Waals surface area contributed by atoms with E-state index >= 15 is 0 Å². The van der Waals surface area contributed by atoms with Gasteiger partial charge in [0.1, 0.15) is 0 Å². The third-order valence-corrected chi connectivity index (χ3v) is 3.45. The molecule has 1 N–H and O–H groups in total. The lowest BCUT2D eigenvalue weighted by atomic mass is 10.2. The molecule has 2 heterocycles. The molecule has 1 aliphatic rings. The Morgan fingerprint density at radius 2 is 2.35 bits per heavy atom. The molecule has 0 spiro atoms. The molecule has 4 heteroatoms.